The summed E-state index contributed by atoms with van der Waals surface area (Å²) in [5.74, 6) is 0. The van der Waals surface area contributed by atoms with Crippen molar-refractivity contribution in [3.05, 3.63) is 58.4 Å². The summed E-state index contributed by atoms with van der Waals surface area (Å²) in [7, 11) is 0. The second-order valence-corrected chi connectivity index (χ2v) is 10.4. The molecule has 1 fully saturated rings. The number of thiazole rings is 1. The van der Waals surface area contributed by atoms with Gasteiger partial charge in [-0.15, -0.1) is 11.3 Å². The normalized spacial score (nSPS) is 22.3. The summed E-state index contributed by atoms with van der Waals surface area (Å²) in [6, 6.07) is 6.59. The van der Waals surface area contributed by atoms with E-state index in [1.54, 1.807) is 11.3 Å². The van der Waals surface area contributed by atoms with Crippen LogP contribution in [0.15, 0.2) is 42.2 Å². The van der Waals surface area contributed by atoms with Crippen LogP contribution in [0.5, 0.6) is 0 Å². The minimum absolute atomic E-state index is 0.0571. The fourth-order valence-corrected chi connectivity index (χ4v) is 6.02. The smallest absolute Gasteiger partial charge is 0.317 e. The molecule has 5 rings (SSSR count). The van der Waals surface area contributed by atoms with Crippen molar-refractivity contribution in [1.29, 1.82) is 0 Å². The highest BCUT2D eigenvalue weighted by Gasteiger charge is 2.29. The third kappa shape index (κ3) is 4.57. The first kappa shape index (κ1) is 22.2. The van der Waals surface area contributed by atoms with Gasteiger partial charge >= 0.3 is 6.03 Å². The molecule has 1 aromatic heterocycles. The van der Waals surface area contributed by atoms with Crippen LogP contribution in [0.1, 0.15) is 61.7 Å². The number of amides is 2. The van der Waals surface area contributed by atoms with Gasteiger partial charge in [0.05, 0.1) is 17.0 Å². The molecular formula is C26H32N4O2S. The maximum Gasteiger partial charge on any atom is 0.317 e. The van der Waals surface area contributed by atoms with Gasteiger partial charge in [-0.3, -0.25) is 0 Å². The minimum atomic E-state index is -0.0571. The van der Waals surface area contributed by atoms with Gasteiger partial charge in [-0.25, -0.2) is 9.78 Å². The zero-order chi connectivity index (χ0) is 22.9. The second-order valence-electron chi connectivity index (χ2n) is 9.35. The Labute approximate surface area is 199 Å². The summed E-state index contributed by atoms with van der Waals surface area (Å²) >= 11 is 1.70. The Balaban J connectivity index is 1.33. The van der Waals surface area contributed by atoms with Gasteiger partial charge in [0.1, 0.15) is 11.1 Å². The number of hydrogen-bond donors (Lipinski definition) is 2. The molecular weight excluding hydrogens is 432 g/mol. The largest absolute Gasteiger partial charge is 0.400 e. The van der Waals surface area contributed by atoms with Crippen LogP contribution in [0.2, 0.25) is 0 Å². The first-order valence-electron chi connectivity index (χ1n) is 12.0. The summed E-state index contributed by atoms with van der Waals surface area (Å²) in [5, 5.41) is 4.24. The molecule has 0 saturated carbocycles. The molecule has 2 atom stereocenters. The van der Waals surface area contributed by atoms with Crippen molar-refractivity contribution in [2.75, 3.05) is 13.1 Å². The third-order valence-electron chi connectivity index (χ3n) is 6.66. The van der Waals surface area contributed by atoms with E-state index in [9.17, 15) is 4.79 Å². The number of nitrogens with one attached hydrogen (secondary N) is 1. The standard InChI is InChI=1S/C26H32N4O2S/c1-16(2)32-23-11-8-17(14-21(23)27)25-28-15-24(33-25)20-7-5-6-19-18(20)9-10-22(19)29-26(31)30-12-3-4-13-30/h5-8,14-16,22-23H,3-4,9-13,27H2,1-2H3,(H,29,31)/t22-,23?/m0/s1. The van der Waals surface area contributed by atoms with E-state index in [1.165, 1.54) is 16.7 Å². The number of carbonyl (C=O) groups is 1. The van der Waals surface area contributed by atoms with Crippen LogP contribution >= 0.6 is 11.3 Å². The lowest BCUT2D eigenvalue weighted by Gasteiger charge is -2.23. The topological polar surface area (TPSA) is 80.5 Å². The highest BCUT2D eigenvalue weighted by Crippen LogP contribution is 2.41. The van der Waals surface area contributed by atoms with Gasteiger partial charge in [-0.05, 0) is 68.7 Å². The van der Waals surface area contributed by atoms with E-state index >= 15 is 0 Å². The monoisotopic (exact) mass is 464 g/mol. The number of aromatic nitrogens is 1. The van der Waals surface area contributed by atoms with Crippen molar-refractivity contribution in [3.8, 4) is 10.4 Å². The van der Waals surface area contributed by atoms with Crippen LogP contribution in [0, 0.1) is 0 Å². The first-order valence-corrected chi connectivity index (χ1v) is 12.8. The van der Waals surface area contributed by atoms with Crippen molar-refractivity contribution in [2.24, 2.45) is 5.73 Å². The lowest BCUT2D eigenvalue weighted by Crippen LogP contribution is -2.39. The Morgan fingerprint density at radius 3 is 2.88 bits per heavy atom. The number of rotatable bonds is 5. The van der Waals surface area contributed by atoms with Gasteiger partial charge in [0.2, 0.25) is 0 Å². The van der Waals surface area contributed by atoms with Crippen molar-refractivity contribution in [2.45, 2.75) is 64.2 Å². The van der Waals surface area contributed by atoms with E-state index in [1.807, 2.05) is 31.0 Å². The Kier molecular flexibility index (Phi) is 6.25. The van der Waals surface area contributed by atoms with E-state index in [0.29, 0.717) is 0 Å². The highest BCUT2D eigenvalue weighted by molar-refractivity contribution is 7.16. The predicted octanol–water partition coefficient (Wildman–Crippen LogP) is 5.03. The molecule has 1 saturated heterocycles. The number of carbonyl (C=O) groups excluding carboxylic acids is 1. The predicted molar refractivity (Wildman–Crippen MR) is 133 cm³/mol. The average molecular weight is 465 g/mol. The zero-order valence-electron chi connectivity index (χ0n) is 19.3. The Morgan fingerprint density at radius 2 is 2.12 bits per heavy atom. The molecule has 1 unspecified atom stereocenters. The lowest BCUT2D eigenvalue weighted by atomic mass is 10.0. The van der Waals surface area contributed by atoms with E-state index in [2.05, 4.69) is 29.6 Å². The van der Waals surface area contributed by atoms with Gasteiger partial charge in [-0.1, -0.05) is 24.3 Å². The van der Waals surface area contributed by atoms with Gasteiger partial charge in [0, 0.05) is 30.6 Å². The molecule has 2 aromatic rings. The molecule has 2 heterocycles. The summed E-state index contributed by atoms with van der Waals surface area (Å²) in [6.45, 7) is 5.79. The van der Waals surface area contributed by atoms with Crippen LogP contribution < -0.4 is 11.1 Å². The summed E-state index contributed by atoms with van der Waals surface area (Å²) < 4.78 is 5.89. The SMILES string of the molecule is CC(C)OC1CC=C(c2ncc(-c3cccc4c3CC[C@@H]4NC(=O)N3CCCC3)s2)C=C1N. The molecule has 0 bridgehead atoms. The Bertz CT molecular complexity index is 1100. The number of nitrogens with zero attached hydrogens (tertiary/aromatic N) is 2. The molecule has 174 valence electrons. The van der Waals surface area contributed by atoms with Crippen LogP contribution in [-0.4, -0.2) is 41.2 Å². The van der Waals surface area contributed by atoms with Gasteiger partial charge in [-0.2, -0.15) is 0 Å². The Hall–Kier alpha value is -2.64. The third-order valence-corrected chi connectivity index (χ3v) is 7.74. The number of ether oxygens (including phenoxy) is 1. The Morgan fingerprint density at radius 1 is 1.30 bits per heavy atom. The van der Waals surface area contributed by atoms with Crippen LogP contribution in [0.25, 0.3) is 16.0 Å². The summed E-state index contributed by atoms with van der Waals surface area (Å²) in [5.41, 5.74) is 11.9. The molecule has 6 nitrogen and oxygen atoms in total. The molecule has 1 aromatic carbocycles. The van der Waals surface area contributed by atoms with Gasteiger partial charge < -0.3 is 20.7 Å². The molecule has 0 spiro atoms. The molecule has 2 amide bonds. The summed E-state index contributed by atoms with van der Waals surface area (Å²) in [6.07, 6.45) is 11.1. The molecule has 33 heavy (non-hydrogen) atoms. The maximum absolute atomic E-state index is 12.6. The van der Waals surface area contributed by atoms with Crippen molar-refractivity contribution >= 4 is 22.9 Å². The van der Waals surface area contributed by atoms with Crippen LogP contribution in [-0.2, 0) is 11.2 Å². The van der Waals surface area contributed by atoms with Crippen molar-refractivity contribution < 1.29 is 9.53 Å². The molecule has 7 heteroatoms. The van der Waals surface area contributed by atoms with Crippen molar-refractivity contribution in [3.63, 3.8) is 0 Å². The lowest BCUT2D eigenvalue weighted by molar-refractivity contribution is 0.0295. The average Bonchev–Trinajstić information content (AvgIpc) is 3.56. The van der Waals surface area contributed by atoms with Crippen molar-refractivity contribution in [1.82, 2.24) is 15.2 Å². The number of urea groups is 1. The van der Waals surface area contributed by atoms with E-state index in [0.717, 1.165) is 66.3 Å². The number of benzene rings is 1. The first-order chi connectivity index (χ1) is 16.0. The fraction of sp³-hybridized carbons (Fsp3) is 0.462. The van der Waals surface area contributed by atoms with Crippen LogP contribution in [0.4, 0.5) is 4.79 Å². The number of allylic oxidation sites excluding steroid dienone is 2. The second kappa shape index (κ2) is 9.31. The van der Waals surface area contributed by atoms with E-state index in [4.69, 9.17) is 15.5 Å². The number of fused-ring (bicyclic) bond motifs is 1. The highest BCUT2D eigenvalue weighted by atomic mass is 32.1. The maximum atomic E-state index is 12.6. The minimum Gasteiger partial charge on any atom is -0.400 e. The number of likely N-dealkylation sites (tertiary alicyclic amines) is 1. The van der Waals surface area contributed by atoms with E-state index in [-0.39, 0.29) is 24.3 Å². The number of hydrogen-bond acceptors (Lipinski definition) is 5. The van der Waals surface area contributed by atoms with E-state index < -0.39 is 0 Å². The molecule has 3 N–H and O–H groups in total. The fourth-order valence-electron chi connectivity index (χ4n) is 5.04. The van der Waals surface area contributed by atoms with Crippen LogP contribution in [0.3, 0.4) is 0 Å². The number of nitrogens with two attached hydrogens (primary N) is 1. The summed E-state index contributed by atoms with van der Waals surface area (Å²) in [4.78, 5) is 20.4. The molecule has 2 aliphatic carbocycles. The molecule has 1 aliphatic heterocycles. The van der Waals surface area contributed by atoms with Gasteiger partial charge in [0.15, 0.2) is 0 Å². The van der Waals surface area contributed by atoms with Gasteiger partial charge in [0.25, 0.3) is 0 Å². The molecule has 3 aliphatic rings. The zero-order valence-corrected chi connectivity index (χ0v) is 20.2. The molecule has 0 radical (unpaired) electrons. The quantitative estimate of drug-likeness (QED) is 0.651.